The van der Waals surface area contributed by atoms with Crippen LogP contribution in [0.5, 0.6) is 0 Å². The van der Waals surface area contributed by atoms with Crippen molar-refractivity contribution in [3.63, 3.8) is 0 Å². The van der Waals surface area contributed by atoms with E-state index in [1.54, 1.807) is 6.20 Å². The molecule has 0 radical (unpaired) electrons. The first-order chi connectivity index (χ1) is 11.7. The van der Waals surface area contributed by atoms with Gasteiger partial charge in [0.05, 0.1) is 37.7 Å². The first-order valence-corrected chi connectivity index (χ1v) is 8.34. The molecule has 8 nitrogen and oxygen atoms in total. The molecule has 1 fully saturated rings. The summed E-state index contributed by atoms with van der Waals surface area (Å²) in [6.45, 7) is 3.60. The SMILES string of the molecule is CC(C1CC1)n1cc(NC(=O)NCc2noc3c2COCC3)cn1. The summed E-state index contributed by atoms with van der Waals surface area (Å²) in [6, 6.07) is 0.0902. The summed E-state index contributed by atoms with van der Waals surface area (Å²) < 4.78 is 12.6. The summed E-state index contributed by atoms with van der Waals surface area (Å²) in [5.74, 6) is 1.57. The van der Waals surface area contributed by atoms with Gasteiger partial charge in [-0.05, 0) is 25.7 Å². The zero-order valence-electron chi connectivity index (χ0n) is 13.6. The number of aromatic nitrogens is 3. The Balaban J connectivity index is 1.31. The standard InChI is InChI=1S/C16H21N5O3/c1-10(11-2-3-11)21-8-12(6-18-21)19-16(22)17-7-14-13-9-23-5-4-15(13)24-20-14/h6,8,10-11H,2-5,7,9H2,1H3,(H2,17,19,22). The van der Waals surface area contributed by atoms with Crippen LogP contribution in [0.4, 0.5) is 10.5 Å². The minimum Gasteiger partial charge on any atom is -0.376 e. The monoisotopic (exact) mass is 331 g/mol. The van der Waals surface area contributed by atoms with Gasteiger partial charge in [-0.25, -0.2) is 4.79 Å². The maximum atomic E-state index is 12.1. The lowest BCUT2D eigenvalue weighted by Crippen LogP contribution is -2.28. The van der Waals surface area contributed by atoms with Crippen molar-refractivity contribution in [1.29, 1.82) is 0 Å². The normalized spacial score (nSPS) is 18.0. The fraction of sp³-hybridized carbons (Fsp3) is 0.562. The third-order valence-corrected chi connectivity index (χ3v) is 4.67. The number of anilines is 1. The van der Waals surface area contributed by atoms with Crippen LogP contribution < -0.4 is 10.6 Å². The summed E-state index contributed by atoms with van der Waals surface area (Å²) >= 11 is 0. The molecule has 1 atom stereocenters. The number of urea groups is 1. The number of rotatable bonds is 5. The third kappa shape index (κ3) is 3.14. The molecule has 3 heterocycles. The van der Waals surface area contributed by atoms with Crippen molar-refractivity contribution >= 4 is 11.7 Å². The number of amides is 2. The number of nitrogens with zero attached hydrogens (tertiary/aromatic N) is 3. The molecule has 128 valence electrons. The molecule has 2 N–H and O–H groups in total. The number of hydrogen-bond acceptors (Lipinski definition) is 5. The van der Waals surface area contributed by atoms with E-state index in [0.29, 0.717) is 37.4 Å². The Hall–Kier alpha value is -2.35. The van der Waals surface area contributed by atoms with Crippen molar-refractivity contribution in [2.75, 3.05) is 11.9 Å². The molecule has 2 aliphatic rings. The lowest BCUT2D eigenvalue weighted by atomic mass is 10.1. The van der Waals surface area contributed by atoms with Crippen molar-refractivity contribution < 1.29 is 14.1 Å². The fourth-order valence-electron chi connectivity index (χ4n) is 2.98. The predicted molar refractivity (Wildman–Crippen MR) is 85.4 cm³/mol. The van der Waals surface area contributed by atoms with Gasteiger partial charge in [-0.15, -0.1) is 0 Å². The van der Waals surface area contributed by atoms with Gasteiger partial charge in [0, 0.05) is 18.2 Å². The van der Waals surface area contributed by atoms with Crippen LogP contribution in [-0.2, 0) is 24.3 Å². The van der Waals surface area contributed by atoms with Gasteiger partial charge in [-0.1, -0.05) is 5.16 Å². The summed E-state index contributed by atoms with van der Waals surface area (Å²) in [5.41, 5.74) is 2.36. The summed E-state index contributed by atoms with van der Waals surface area (Å²) in [4.78, 5) is 12.1. The zero-order chi connectivity index (χ0) is 16.5. The van der Waals surface area contributed by atoms with E-state index in [4.69, 9.17) is 9.26 Å². The van der Waals surface area contributed by atoms with E-state index in [0.717, 1.165) is 23.4 Å². The molecule has 24 heavy (non-hydrogen) atoms. The van der Waals surface area contributed by atoms with Crippen LogP contribution in [0.3, 0.4) is 0 Å². The minimum atomic E-state index is -0.290. The van der Waals surface area contributed by atoms with Crippen LogP contribution in [0.15, 0.2) is 16.9 Å². The van der Waals surface area contributed by atoms with Gasteiger partial charge in [0.15, 0.2) is 0 Å². The highest BCUT2D eigenvalue weighted by molar-refractivity contribution is 5.88. The number of nitrogens with one attached hydrogen (secondary N) is 2. The Labute approximate surface area is 139 Å². The molecule has 1 unspecified atom stereocenters. The van der Waals surface area contributed by atoms with Crippen LogP contribution in [-0.4, -0.2) is 27.6 Å². The van der Waals surface area contributed by atoms with E-state index < -0.39 is 0 Å². The van der Waals surface area contributed by atoms with Crippen molar-refractivity contribution in [3.05, 3.63) is 29.4 Å². The molecule has 0 bridgehead atoms. The molecule has 0 saturated heterocycles. The third-order valence-electron chi connectivity index (χ3n) is 4.67. The van der Waals surface area contributed by atoms with Gasteiger partial charge in [0.2, 0.25) is 0 Å². The van der Waals surface area contributed by atoms with Gasteiger partial charge in [0.25, 0.3) is 0 Å². The zero-order valence-corrected chi connectivity index (χ0v) is 13.6. The largest absolute Gasteiger partial charge is 0.376 e. The Kier molecular flexibility index (Phi) is 3.97. The summed E-state index contributed by atoms with van der Waals surface area (Å²) in [6.07, 6.45) is 6.79. The molecule has 8 heteroatoms. The number of ether oxygens (including phenoxy) is 1. The molecule has 2 aromatic heterocycles. The molecule has 0 spiro atoms. The van der Waals surface area contributed by atoms with Crippen molar-refractivity contribution in [2.24, 2.45) is 5.92 Å². The van der Waals surface area contributed by atoms with Crippen molar-refractivity contribution in [2.45, 2.75) is 45.4 Å². The molecule has 0 aromatic carbocycles. The van der Waals surface area contributed by atoms with Gasteiger partial charge in [-0.2, -0.15) is 5.10 Å². The topological polar surface area (TPSA) is 94.2 Å². The van der Waals surface area contributed by atoms with Crippen LogP contribution in [0.25, 0.3) is 0 Å². The van der Waals surface area contributed by atoms with Gasteiger partial charge in [0.1, 0.15) is 11.5 Å². The summed E-state index contributed by atoms with van der Waals surface area (Å²) in [5, 5.41) is 13.9. The molecule has 4 rings (SSSR count). The smallest absolute Gasteiger partial charge is 0.319 e. The lowest BCUT2D eigenvalue weighted by Gasteiger charge is -2.11. The second kappa shape index (κ2) is 6.27. The van der Waals surface area contributed by atoms with Crippen LogP contribution in [0.1, 0.15) is 42.8 Å². The fourth-order valence-corrected chi connectivity index (χ4v) is 2.98. The second-order valence-corrected chi connectivity index (χ2v) is 6.43. The van der Waals surface area contributed by atoms with Crippen molar-refractivity contribution in [3.8, 4) is 0 Å². The summed E-state index contributed by atoms with van der Waals surface area (Å²) in [7, 11) is 0. The van der Waals surface area contributed by atoms with E-state index in [2.05, 4.69) is 27.8 Å². The number of carbonyl (C=O) groups is 1. The molecule has 1 aliphatic heterocycles. The van der Waals surface area contributed by atoms with E-state index in [1.165, 1.54) is 12.8 Å². The number of hydrogen-bond donors (Lipinski definition) is 2. The van der Waals surface area contributed by atoms with E-state index >= 15 is 0 Å². The highest BCUT2D eigenvalue weighted by atomic mass is 16.5. The van der Waals surface area contributed by atoms with Gasteiger partial charge in [-0.3, -0.25) is 4.68 Å². The van der Waals surface area contributed by atoms with E-state index in [-0.39, 0.29) is 6.03 Å². The molecule has 2 amide bonds. The van der Waals surface area contributed by atoms with Gasteiger partial charge >= 0.3 is 6.03 Å². The van der Waals surface area contributed by atoms with Crippen LogP contribution in [0, 0.1) is 5.92 Å². The maximum Gasteiger partial charge on any atom is 0.319 e. The quantitative estimate of drug-likeness (QED) is 0.876. The first-order valence-electron chi connectivity index (χ1n) is 8.34. The molecular weight excluding hydrogens is 310 g/mol. The van der Waals surface area contributed by atoms with Gasteiger partial charge < -0.3 is 19.9 Å². The molecule has 1 saturated carbocycles. The molecule has 2 aromatic rings. The molecular formula is C16H21N5O3. The first kappa shape index (κ1) is 15.2. The van der Waals surface area contributed by atoms with Crippen LogP contribution >= 0.6 is 0 Å². The maximum absolute atomic E-state index is 12.1. The Morgan fingerprint density at radius 3 is 3.21 bits per heavy atom. The Morgan fingerprint density at radius 2 is 2.38 bits per heavy atom. The molecule has 1 aliphatic carbocycles. The second-order valence-electron chi connectivity index (χ2n) is 6.43. The highest BCUT2D eigenvalue weighted by Crippen LogP contribution is 2.39. The Morgan fingerprint density at radius 1 is 1.50 bits per heavy atom. The highest BCUT2D eigenvalue weighted by Gasteiger charge is 2.29. The predicted octanol–water partition coefficient (Wildman–Crippen LogP) is 2.24. The average molecular weight is 331 g/mol. The average Bonchev–Trinajstić information content (AvgIpc) is 3.20. The lowest BCUT2D eigenvalue weighted by molar-refractivity contribution is 0.102. The van der Waals surface area contributed by atoms with E-state index in [9.17, 15) is 4.79 Å². The van der Waals surface area contributed by atoms with Crippen LogP contribution in [0.2, 0.25) is 0 Å². The van der Waals surface area contributed by atoms with Crippen molar-refractivity contribution in [1.82, 2.24) is 20.3 Å². The van der Waals surface area contributed by atoms with E-state index in [1.807, 2.05) is 10.9 Å². The number of carbonyl (C=O) groups excluding carboxylic acids is 1. The minimum absolute atomic E-state index is 0.290. The Bertz CT molecular complexity index is 734. The number of fused-ring (bicyclic) bond motifs is 1.